The number of hydrogen-bond donors (Lipinski definition) is 1. The number of hydrogen-bond acceptors (Lipinski definition) is 7. The normalized spacial score (nSPS) is 14.3. The largest absolute Gasteiger partial charge is 0.491 e. The van der Waals surface area contributed by atoms with Gasteiger partial charge in [-0.15, -0.1) is 0 Å². The lowest BCUT2D eigenvalue weighted by atomic mass is 10.0. The van der Waals surface area contributed by atoms with Gasteiger partial charge >= 0.3 is 5.97 Å². The molecule has 0 radical (unpaired) electrons. The summed E-state index contributed by atoms with van der Waals surface area (Å²) in [5.41, 5.74) is 1.82. The second-order valence-electron chi connectivity index (χ2n) is 7.59. The molecule has 0 atom stereocenters. The van der Waals surface area contributed by atoms with Crippen LogP contribution in [-0.2, 0) is 9.47 Å². The molecule has 8 nitrogen and oxygen atoms in total. The number of para-hydroxylation sites is 1. The first-order valence-corrected chi connectivity index (χ1v) is 10.8. The molecule has 0 saturated carbocycles. The Kier molecular flexibility index (Phi) is 6.41. The van der Waals surface area contributed by atoms with Gasteiger partial charge in [0.2, 0.25) is 5.43 Å². The number of methoxy groups -OCH3 is 1. The van der Waals surface area contributed by atoms with Crippen LogP contribution in [0.1, 0.15) is 29.4 Å². The Bertz CT molecular complexity index is 1200. The molecule has 1 aromatic carbocycles. The van der Waals surface area contributed by atoms with Crippen LogP contribution in [-0.4, -0.2) is 56.0 Å². The summed E-state index contributed by atoms with van der Waals surface area (Å²) in [6.45, 7) is 6.28. The van der Waals surface area contributed by atoms with Crippen molar-refractivity contribution in [1.82, 2.24) is 9.97 Å². The Hall–Kier alpha value is -3.39. The fraction of sp³-hybridized carbons (Fsp3) is 0.375. The van der Waals surface area contributed by atoms with Crippen LogP contribution in [0.5, 0.6) is 5.75 Å². The highest BCUT2D eigenvalue weighted by molar-refractivity contribution is 6.00. The standard InChI is InChI=1S/C24H27N3O5/c1-4-32-24(29)19-20(25-15(2)22(30-3)21(19)28)17-14-16-8-5-6-9-18(16)26-23(17)27-10-7-12-31-13-11-27/h5-6,8-9,14H,4,7,10-13H2,1-3H3,(H,25,28). The number of carbonyl (C=O) groups excluding carboxylic acids is 1. The molecule has 0 amide bonds. The first-order chi connectivity index (χ1) is 15.5. The number of benzene rings is 1. The highest BCUT2D eigenvalue weighted by Gasteiger charge is 2.27. The number of nitrogens with one attached hydrogen (secondary N) is 1. The topological polar surface area (TPSA) is 93.8 Å². The van der Waals surface area contributed by atoms with Gasteiger partial charge < -0.3 is 24.1 Å². The smallest absolute Gasteiger partial charge is 0.344 e. The summed E-state index contributed by atoms with van der Waals surface area (Å²) in [5, 5.41) is 0.904. The summed E-state index contributed by atoms with van der Waals surface area (Å²) in [7, 11) is 1.41. The third-order valence-corrected chi connectivity index (χ3v) is 5.52. The molecule has 2 aromatic heterocycles. The van der Waals surface area contributed by atoms with Crippen LogP contribution in [0.3, 0.4) is 0 Å². The number of carbonyl (C=O) groups is 1. The second kappa shape index (κ2) is 9.40. The Morgan fingerprint density at radius 1 is 1.25 bits per heavy atom. The van der Waals surface area contributed by atoms with Crippen molar-refractivity contribution < 1.29 is 19.0 Å². The number of H-pyrrole nitrogens is 1. The Morgan fingerprint density at radius 2 is 2.06 bits per heavy atom. The maximum absolute atomic E-state index is 13.2. The number of anilines is 1. The van der Waals surface area contributed by atoms with Crippen LogP contribution in [0, 0.1) is 6.92 Å². The summed E-state index contributed by atoms with van der Waals surface area (Å²) in [6, 6.07) is 9.74. The van der Waals surface area contributed by atoms with E-state index in [1.54, 1.807) is 13.8 Å². The number of fused-ring (bicyclic) bond motifs is 1. The first-order valence-electron chi connectivity index (χ1n) is 10.8. The van der Waals surface area contributed by atoms with Crippen LogP contribution >= 0.6 is 0 Å². The molecule has 0 spiro atoms. The van der Waals surface area contributed by atoms with E-state index in [0.29, 0.717) is 42.5 Å². The lowest BCUT2D eigenvalue weighted by Gasteiger charge is -2.25. The van der Waals surface area contributed by atoms with Gasteiger partial charge in [-0.1, -0.05) is 18.2 Å². The highest BCUT2D eigenvalue weighted by atomic mass is 16.5. The molecule has 1 aliphatic heterocycles. The minimum Gasteiger partial charge on any atom is -0.491 e. The number of aryl methyl sites for hydroxylation is 1. The van der Waals surface area contributed by atoms with Crippen molar-refractivity contribution in [1.29, 1.82) is 0 Å². The quantitative estimate of drug-likeness (QED) is 0.612. The maximum atomic E-state index is 13.2. The molecule has 0 bridgehead atoms. The molecule has 3 heterocycles. The number of ether oxygens (including phenoxy) is 3. The van der Waals surface area contributed by atoms with Crippen molar-refractivity contribution >= 4 is 22.7 Å². The molecule has 8 heteroatoms. The Balaban J connectivity index is 2.02. The third kappa shape index (κ3) is 4.05. The number of aromatic amines is 1. The number of aromatic nitrogens is 2. The van der Waals surface area contributed by atoms with E-state index in [1.807, 2.05) is 30.3 Å². The second-order valence-corrected chi connectivity index (χ2v) is 7.59. The zero-order valence-corrected chi connectivity index (χ0v) is 18.6. The van der Waals surface area contributed by atoms with E-state index < -0.39 is 11.4 Å². The summed E-state index contributed by atoms with van der Waals surface area (Å²) in [4.78, 5) is 36.4. The van der Waals surface area contributed by atoms with Gasteiger partial charge in [0.05, 0.1) is 37.2 Å². The van der Waals surface area contributed by atoms with E-state index in [1.165, 1.54) is 7.11 Å². The maximum Gasteiger partial charge on any atom is 0.344 e. The summed E-state index contributed by atoms with van der Waals surface area (Å²) >= 11 is 0. The van der Waals surface area contributed by atoms with Gasteiger partial charge in [-0.2, -0.15) is 0 Å². The molecule has 1 fully saturated rings. The van der Waals surface area contributed by atoms with E-state index in [2.05, 4.69) is 9.88 Å². The van der Waals surface area contributed by atoms with E-state index in [4.69, 9.17) is 19.2 Å². The van der Waals surface area contributed by atoms with Gasteiger partial charge in [-0.05, 0) is 32.4 Å². The summed E-state index contributed by atoms with van der Waals surface area (Å²) in [5.74, 6) is 0.0931. The SMILES string of the molecule is CCOC(=O)c1c(-c2cc3ccccc3nc2N2CCCOCC2)[nH]c(C)c(OC)c1=O. The fourth-order valence-corrected chi connectivity index (χ4v) is 4.04. The molecule has 1 N–H and O–H groups in total. The molecule has 1 saturated heterocycles. The predicted molar refractivity (Wildman–Crippen MR) is 123 cm³/mol. The minimum absolute atomic E-state index is 0.0845. The van der Waals surface area contributed by atoms with Gasteiger partial charge in [0.1, 0.15) is 11.4 Å². The van der Waals surface area contributed by atoms with Gasteiger partial charge in [-0.25, -0.2) is 9.78 Å². The average molecular weight is 437 g/mol. The molecule has 4 rings (SSSR count). The van der Waals surface area contributed by atoms with Crippen LogP contribution < -0.4 is 15.1 Å². The number of esters is 1. The molecular weight excluding hydrogens is 410 g/mol. The van der Waals surface area contributed by atoms with Crippen molar-refractivity contribution in [3.63, 3.8) is 0 Å². The third-order valence-electron chi connectivity index (χ3n) is 5.52. The lowest BCUT2D eigenvalue weighted by molar-refractivity contribution is 0.0525. The molecule has 3 aromatic rings. The van der Waals surface area contributed by atoms with E-state index in [-0.39, 0.29) is 17.9 Å². The van der Waals surface area contributed by atoms with Gasteiger partial charge in [-0.3, -0.25) is 4.79 Å². The first kappa shape index (κ1) is 21.8. The molecule has 1 aliphatic rings. The van der Waals surface area contributed by atoms with Crippen molar-refractivity contribution in [2.75, 3.05) is 44.9 Å². The summed E-state index contributed by atoms with van der Waals surface area (Å²) < 4.78 is 16.1. The number of nitrogens with zero attached hydrogens (tertiary/aromatic N) is 2. The van der Waals surface area contributed by atoms with Gasteiger partial charge in [0.25, 0.3) is 0 Å². The number of pyridine rings is 2. The monoisotopic (exact) mass is 437 g/mol. The van der Waals surface area contributed by atoms with Crippen LogP contribution in [0.15, 0.2) is 35.1 Å². The molecular formula is C24H27N3O5. The van der Waals surface area contributed by atoms with E-state index in [0.717, 1.165) is 23.9 Å². The zero-order valence-electron chi connectivity index (χ0n) is 18.6. The molecule has 0 aliphatic carbocycles. The van der Waals surface area contributed by atoms with Gasteiger partial charge in [0, 0.05) is 30.6 Å². The fourth-order valence-electron chi connectivity index (χ4n) is 4.04. The highest BCUT2D eigenvalue weighted by Crippen LogP contribution is 2.34. The Morgan fingerprint density at radius 3 is 2.84 bits per heavy atom. The number of rotatable bonds is 5. The van der Waals surface area contributed by atoms with Gasteiger partial charge in [0.15, 0.2) is 5.75 Å². The Labute approximate surface area is 186 Å². The van der Waals surface area contributed by atoms with Crippen molar-refractivity contribution in [2.45, 2.75) is 20.3 Å². The summed E-state index contributed by atoms with van der Waals surface area (Å²) in [6.07, 6.45) is 0.858. The lowest BCUT2D eigenvalue weighted by Crippen LogP contribution is -2.28. The van der Waals surface area contributed by atoms with E-state index in [9.17, 15) is 9.59 Å². The average Bonchev–Trinajstić information content (AvgIpc) is 3.07. The van der Waals surface area contributed by atoms with Crippen molar-refractivity contribution in [3.05, 3.63) is 51.8 Å². The predicted octanol–water partition coefficient (Wildman–Crippen LogP) is 3.31. The van der Waals surface area contributed by atoms with E-state index >= 15 is 0 Å². The van der Waals surface area contributed by atoms with Crippen molar-refractivity contribution in [2.24, 2.45) is 0 Å². The molecule has 0 unspecified atom stereocenters. The molecule has 32 heavy (non-hydrogen) atoms. The van der Waals surface area contributed by atoms with Crippen LogP contribution in [0.2, 0.25) is 0 Å². The van der Waals surface area contributed by atoms with Crippen LogP contribution in [0.25, 0.3) is 22.2 Å². The zero-order chi connectivity index (χ0) is 22.7. The van der Waals surface area contributed by atoms with Crippen molar-refractivity contribution in [3.8, 4) is 17.0 Å². The van der Waals surface area contributed by atoms with Crippen LogP contribution in [0.4, 0.5) is 5.82 Å². The molecule has 168 valence electrons. The minimum atomic E-state index is -0.694.